The van der Waals surface area contributed by atoms with Gasteiger partial charge in [0.2, 0.25) is 5.91 Å². The van der Waals surface area contributed by atoms with Crippen LogP contribution in [-0.2, 0) is 16.1 Å². The van der Waals surface area contributed by atoms with Crippen LogP contribution in [0.25, 0.3) is 0 Å². The highest BCUT2D eigenvalue weighted by Gasteiger charge is 2.12. The van der Waals surface area contributed by atoms with Gasteiger partial charge < -0.3 is 10.1 Å². The first kappa shape index (κ1) is 14.7. The standard InChI is InChI=1S/C13H15ClN4O2/c14-7-13(19)17-12-6-10(5-11(8-15)16-12)9-18-1-3-20-4-2-18/h5-6H,1-4,7,9H2,(H,16,17,19). The summed E-state index contributed by atoms with van der Waals surface area (Å²) in [5.41, 5.74) is 1.21. The van der Waals surface area contributed by atoms with Gasteiger partial charge in [0, 0.05) is 19.6 Å². The molecule has 0 aliphatic carbocycles. The molecule has 1 saturated heterocycles. The second-order valence-electron chi connectivity index (χ2n) is 4.43. The largest absolute Gasteiger partial charge is 0.379 e. The molecule has 1 aliphatic heterocycles. The molecule has 106 valence electrons. The maximum absolute atomic E-state index is 11.3. The molecule has 20 heavy (non-hydrogen) atoms. The predicted octanol–water partition coefficient (Wildman–Crippen LogP) is 0.963. The molecule has 1 fully saturated rings. The Morgan fingerprint density at radius 2 is 2.25 bits per heavy atom. The molecule has 0 saturated carbocycles. The Labute approximate surface area is 122 Å². The van der Waals surface area contributed by atoms with Gasteiger partial charge in [-0.05, 0) is 17.7 Å². The molecule has 0 spiro atoms. The quantitative estimate of drug-likeness (QED) is 0.837. The fourth-order valence-electron chi connectivity index (χ4n) is 1.99. The van der Waals surface area contributed by atoms with Crippen LogP contribution >= 0.6 is 11.6 Å². The number of nitrogens with zero attached hydrogens (tertiary/aromatic N) is 3. The van der Waals surface area contributed by atoms with E-state index in [1.165, 1.54) is 0 Å². The van der Waals surface area contributed by atoms with Crippen molar-refractivity contribution in [3.05, 3.63) is 23.4 Å². The van der Waals surface area contributed by atoms with Gasteiger partial charge in [-0.1, -0.05) is 0 Å². The monoisotopic (exact) mass is 294 g/mol. The average molecular weight is 295 g/mol. The summed E-state index contributed by atoms with van der Waals surface area (Å²) in [4.78, 5) is 17.6. The normalized spacial score (nSPS) is 15.6. The summed E-state index contributed by atoms with van der Waals surface area (Å²) in [6, 6.07) is 5.49. The number of aromatic nitrogens is 1. The number of carbonyl (C=O) groups excluding carboxylic acids is 1. The number of anilines is 1. The second kappa shape index (κ2) is 7.20. The van der Waals surface area contributed by atoms with Crippen molar-refractivity contribution >= 4 is 23.3 Å². The third-order valence-corrected chi connectivity index (χ3v) is 3.14. The molecule has 0 atom stereocenters. The van der Waals surface area contributed by atoms with E-state index >= 15 is 0 Å². The predicted molar refractivity (Wildman–Crippen MR) is 74.4 cm³/mol. The fourth-order valence-corrected chi connectivity index (χ4v) is 2.06. The summed E-state index contributed by atoms with van der Waals surface area (Å²) >= 11 is 5.44. The number of rotatable bonds is 4. The highest BCUT2D eigenvalue weighted by atomic mass is 35.5. The van der Waals surface area contributed by atoms with Gasteiger partial charge in [-0.3, -0.25) is 9.69 Å². The van der Waals surface area contributed by atoms with E-state index in [1.54, 1.807) is 12.1 Å². The molecule has 0 unspecified atom stereocenters. The molecule has 1 aromatic rings. The summed E-state index contributed by atoms with van der Waals surface area (Å²) < 4.78 is 5.30. The Morgan fingerprint density at radius 3 is 2.90 bits per heavy atom. The lowest BCUT2D eigenvalue weighted by molar-refractivity contribution is -0.113. The van der Waals surface area contributed by atoms with Gasteiger partial charge in [-0.2, -0.15) is 5.26 Å². The van der Waals surface area contributed by atoms with Gasteiger partial charge in [0.25, 0.3) is 0 Å². The zero-order valence-corrected chi connectivity index (χ0v) is 11.7. The van der Waals surface area contributed by atoms with E-state index in [4.69, 9.17) is 21.6 Å². The summed E-state index contributed by atoms with van der Waals surface area (Å²) in [5, 5.41) is 11.6. The summed E-state index contributed by atoms with van der Waals surface area (Å²) in [5.74, 6) is -0.124. The van der Waals surface area contributed by atoms with Crippen LogP contribution in [0.2, 0.25) is 0 Å². The second-order valence-corrected chi connectivity index (χ2v) is 4.70. The van der Waals surface area contributed by atoms with E-state index in [0.29, 0.717) is 25.6 Å². The first-order valence-corrected chi connectivity index (χ1v) is 6.81. The Morgan fingerprint density at radius 1 is 1.50 bits per heavy atom. The van der Waals surface area contributed by atoms with Crippen molar-refractivity contribution in [3.63, 3.8) is 0 Å². The minimum Gasteiger partial charge on any atom is -0.379 e. The van der Waals surface area contributed by atoms with Crippen molar-refractivity contribution in [1.82, 2.24) is 9.88 Å². The van der Waals surface area contributed by atoms with Crippen LogP contribution in [0.4, 0.5) is 5.82 Å². The number of halogens is 1. The van der Waals surface area contributed by atoms with E-state index < -0.39 is 0 Å². The third-order valence-electron chi connectivity index (χ3n) is 2.90. The smallest absolute Gasteiger partial charge is 0.240 e. The molecular formula is C13H15ClN4O2. The zero-order chi connectivity index (χ0) is 14.4. The number of hydrogen-bond acceptors (Lipinski definition) is 5. The lowest BCUT2D eigenvalue weighted by Crippen LogP contribution is -2.35. The van der Waals surface area contributed by atoms with Crippen molar-refractivity contribution in [2.75, 3.05) is 37.5 Å². The number of morpholine rings is 1. The van der Waals surface area contributed by atoms with Crippen molar-refractivity contribution < 1.29 is 9.53 Å². The van der Waals surface area contributed by atoms with Crippen LogP contribution in [0.5, 0.6) is 0 Å². The molecule has 2 rings (SSSR count). The molecular weight excluding hydrogens is 280 g/mol. The number of ether oxygens (including phenoxy) is 1. The van der Waals surface area contributed by atoms with Crippen molar-refractivity contribution in [2.45, 2.75) is 6.54 Å². The van der Waals surface area contributed by atoms with Gasteiger partial charge in [-0.15, -0.1) is 11.6 Å². The van der Waals surface area contributed by atoms with E-state index in [1.807, 2.05) is 6.07 Å². The number of amides is 1. The van der Waals surface area contributed by atoms with Crippen molar-refractivity contribution in [2.24, 2.45) is 0 Å². The lowest BCUT2D eigenvalue weighted by atomic mass is 10.2. The molecule has 2 heterocycles. The number of alkyl halides is 1. The Hall–Kier alpha value is -1.68. The topological polar surface area (TPSA) is 78.3 Å². The van der Waals surface area contributed by atoms with E-state index in [9.17, 15) is 4.79 Å². The third kappa shape index (κ3) is 4.17. The highest BCUT2D eigenvalue weighted by Crippen LogP contribution is 2.13. The fraction of sp³-hybridized carbons (Fsp3) is 0.462. The molecule has 0 bridgehead atoms. The van der Waals surface area contributed by atoms with Crippen LogP contribution in [0.15, 0.2) is 12.1 Å². The zero-order valence-electron chi connectivity index (χ0n) is 10.9. The Balaban J connectivity index is 2.12. The SMILES string of the molecule is N#Cc1cc(CN2CCOCC2)cc(NC(=O)CCl)n1. The number of hydrogen-bond donors (Lipinski definition) is 1. The van der Waals surface area contributed by atoms with E-state index in [0.717, 1.165) is 18.7 Å². The van der Waals surface area contributed by atoms with Gasteiger partial charge in [-0.25, -0.2) is 4.98 Å². The molecule has 1 amide bonds. The summed E-state index contributed by atoms with van der Waals surface area (Å²) in [6.07, 6.45) is 0. The molecule has 7 heteroatoms. The molecule has 6 nitrogen and oxygen atoms in total. The lowest BCUT2D eigenvalue weighted by Gasteiger charge is -2.26. The first-order valence-electron chi connectivity index (χ1n) is 6.28. The molecule has 1 aromatic heterocycles. The minimum absolute atomic E-state index is 0.142. The maximum Gasteiger partial charge on any atom is 0.240 e. The number of pyridine rings is 1. The van der Waals surface area contributed by atoms with Gasteiger partial charge in [0.15, 0.2) is 0 Å². The number of nitrogens with one attached hydrogen (secondary N) is 1. The van der Waals surface area contributed by atoms with E-state index in [-0.39, 0.29) is 17.5 Å². The van der Waals surface area contributed by atoms with Crippen LogP contribution in [-0.4, -0.2) is 48.0 Å². The summed E-state index contributed by atoms with van der Waals surface area (Å²) in [7, 11) is 0. The van der Waals surface area contributed by atoms with E-state index in [2.05, 4.69) is 15.2 Å². The van der Waals surface area contributed by atoms with Crippen LogP contribution in [0, 0.1) is 11.3 Å². The minimum atomic E-state index is -0.341. The van der Waals surface area contributed by atoms with Crippen molar-refractivity contribution in [3.8, 4) is 6.07 Å². The molecule has 0 aromatic carbocycles. The van der Waals surface area contributed by atoms with Crippen LogP contribution < -0.4 is 5.32 Å². The van der Waals surface area contributed by atoms with Crippen molar-refractivity contribution in [1.29, 1.82) is 5.26 Å². The molecule has 1 N–H and O–H groups in total. The van der Waals surface area contributed by atoms with Crippen LogP contribution in [0.3, 0.4) is 0 Å². The number of nitriles is 1. The van der Waals surface area contributed by atoms with Gasteiger partial charge >= 0.3 is 0 Å². The highest BCUT2D eigenvalue weighted by molar-refractivity contribution is 6.29. The average Bonchev–Trinajstić information content (AvgIpc) is 2.47. The molecule has 0 radical (unpaired) electrons. The van der Waals surface area contributed by atoms with Crippen LogP contribution in [0.1, 0.15) is 11.3 Å². The van der Waals surface area contributed by atoms with Gasteiger partial charge in [0.1, 0.15) is 23.5 Å². The Bertz CT molecular complexity index is 524. The van der Waals surface area contributed by atoms with Gasteiger partial charge in [0.05, 0.1) is 13.2 Å². The molecule has 1 aliphatic rings. The first-order chi connectivity index (χ1) is 9.71. The Kier molecular flexibility index (Phi) is 5.30. The summed E-state index contributed by atoms with van der Waals surface area (Å²) in [6.45, 7) is 3.84. The maximum atomic E-state index is 11.3. The number of carbonyl (C=O) groups is 1.